The van der Waals surface area contributed by atoms with Gasteiger partial charge in [-0.2, -0.15) is 0 Å². The topological polar surface area (TPSA) is 49.9 Å². The van der Waals surface area contributed by atoms with Crippen molar-refractivity contribution in [3.8, 4) is 0 Å². The summed E-state index contributed by atoms with van der Waals surface area (Å²) in [6, 6.07) is 9.58. The standard InChI is InChI=1S/C20H18BrNO2S2/c1-20(2,3)14-6-4-13(5-7-14)15(23)10-18-22-19(24)16(26-18)8-12-9-17(21)25-11-12/h4-11H,1-3H3,(H,22,24)/b16-8+,18-10+. The van der Waals surface area contributed by atoms with Crippen LogP contribution in [0.15, 0.2) is 44.3 Å². The molecule has 0 spiro atoms. The minimum atomic E-state index is -0.181. The number of rotatable bonds is 3. The number of hydrogen-bond acceptors (Lipinski definition) is 4. The van der Waals surface area contributed by atoms with Gasteiger partial charge in [-0.05, 0) is 50.0 Å². The summed E-state index contributed by atoms with van der Waals surface area (Å²) in [4.78, 5) is 27.3. The Morgan fingerprint density at radius 2 is 1.88 bits per heavy atom. The average molecular weight is 448 g/mol. The highest BCUT2D eigenvalue weighted by Gasteiger charge is 2.13. The Morgan fingerprint density at radius 1 is 1.19 bits per heavy atom. The number of aromatic amines is 1. The highest BCUT2D eigenvalue weighted by atomic mass is 79.9. The van der Waals surface area contributed by atoms with E-state index >= 15 is 0 Å². The van der Waals surface area contributed by atoms with E-state index < -0.39 is 0 Å². The zero-order valence-electron chi connectivity index (χ0n) is 14.6. The van der Waals surface area contributed by atoms with Crippen LogP contribution in [0.3, 0.4) is 0 Å². The monoisotopic (exact) mass is 447 g/mol. The molecule has 0 saturated heterocycles. The van der Waals surface area contributed by atoms with Crippen molar-refractivity contribution in [2.75, 3.05) is 0 Å². The lowest BCUT2D eigenvalue weighted by Gasteiger charge is -2.18. The molecule has 26 heavy (non-hydrogen) atoms. The molecule has 134 valence electrons. The smallest absolute Gasteiger partial charge is 0.266 e. The molecule has 0 saturated carbocycles. The maximum absolute atomic E-state index is 12.5. The first-order valence-electron chi connectivity index (χ1n) is 8.04. The van der Waals surface area contributed by atoms with Crippen LogP contribution in [0.1, 0.15) is 42.3 Å². The van der Waals surface area contributed by atoms with E-state index in [1.807, 2.05) is 41.8 Å². The van der Waals surface area contributed by atoms with Gasteiger partial charge in [0.05, 0.1) is 13.0 Å². The maximum atomic E-state index is 12.5. The summed E-state index contributed by atoms with van der Waals surface area (Å²) in [6.07, 6.45) is 3.31. The Bertz CT molecular complexity index is 1110. The molecular weight excluding hydrogens is 430 g/mol. The Kier molecular flexibility index (Phi) is 5.46. The summed E-state index contributed by atoms with van der Waals surface area (Å²) >= 11 is 6.26. The molecule has 0 aliphatic heterocycles. The van der Waals surface area contributed by atoms with Gasteiger partial charge in [0.25, 0.3) is 5.56 Å². The quantitative estimate of drug-likeness (QED) is 0.615. The molecule has 3 aromatic rings. The first-order valence-corrected chi connectivity index (χ1v) is 10.5. The van der Waals surface area contributed by atoms with Gasteiger partial charge >= 0.3 is 0 Å². The van der Waals surface area contributed by atoms with Crippen LogP contribution in [-0.2, 0) is 5.41 Å². The maximum Gasteiger partial charge on any atom is 0.266 e. The second-order valence-electron chi connectivity index (χ2n) is 6.95. The van der Waals surface area contributed by atoms with Gasteiger partial charge in [-0.3, -0.25) is 9.59 Å². The highest BCUT2D eigenvalue weighted by Crippen LogP contribution is 2.22. The summed E-state index contributed by atoms with van der Waals surface area (Å²) in [5.41, 5.74) is 2.62. The van der Waals surface area contributed by atoms with Gasteiger partial charge < -0.3 is 4.98 Å². The summed E-state index contributed by atoms with van der Waals surface area (Å²) in [5.74, 6) is -0.118. The molecule has 1 N–H and O–H groups in total. The number of aromatic nitrogens is 1. The molecule has 0 fully saturated rings. The second-order valence-corrected chi connectivity index (χ2v) is 10.3. The number of nitrogens with one attached hydrogen (secondary N) is 1. The van der Waals surface area contributed by atoms with Crippen molar-refractivity contribution in [2.24, 2.45) is 0 Å². The van der Waals surface area contributed by atoms with E-state index in [1.165, 1.54) is 23.0 Å². The van der Waals surface area contributed by atoms with Gasteiger partial charge in [-0.15, -0.1) is 22.7 Å². The van der Waals surface area contributed by atoms with Gasteiger partial charge in [-0.25, -0.2) is 0 Å². The third kappa shape index (κ3) is 4.50. The number of hydrogen-bond donors (Lipinski definition) is 1. The molecule has 3 rings (SSSR count). The number of ketones is 1. The van der Waals surface area contributed by atoms with E-state index in [0.29, 0.717) is 14.8 Å². The van der Waals surface area contributed by atoms with Crippen molar-refractivity contribution in [1.82, 2.24) is 4.98 Å². The summed E-state index contributed by atoms with van der Waals surface area (Å²) < 4.78 is 2.15. The lowest BCUT2D eigenvalue weighted by atomic mass is 9.86. The van der Waals surface area contributed by atoms with Crippen LogP contribution in [0.4, 0.5) is 0 Å². The molecule has 0 aliphatic carbocycles. The number of thiazole rings is 1. The lowest BCUT2D eigenvalue weighted by molar-refractivity contribution is 0.106. The van der Waals surface area contributed by atoms with Gasteiger partial charge in [0, 0.05) is 11.6 Å². The fourth-order valence-corrected chi connectivity index (χ4v) is 4.43. The van der Waals surface area contributed by atoms with E-state index in [-0.39, 0.29) is 16.8 Å². The SMILES string of the molecule is CC(C)(C)c1ccc(C(=O)/C=c2\[nH]c(=O)/c(=C\c3csc(Br)c3)s2)cc1. The third-order valence-electron chi connectivity index (χ3n) is 3.86. The van der Waals surface area contributed by atoms with Crippen LogP contribution >= 0.6 is 38.6 Å². The summed E-state index contributed by atoms with van der Waals surface area (Å²) in [7, 11) is 0. The summed E-state index contributed by atoms with van der Waals surface area (Å²) in [6.45, 7) is 6.41. The number of carbonyl (C=O) groups excluding carboxylic acids is 1. The van der Waals surface area contributed by atoms with E-state index in [0.717, 1.165) is 9.35 Å². The molecular formula is C20H18BrNO2S2. The zero-order valence-corrected chi connectivity index (χ0v) is 17.8. The van der Waals surface area contributed by atoms with Gasteiger partial charge in [0.15, 0.2) is 5.78 Å². The summed E-state index contributed by atoms with van der Waals surface area (Å²) in [5, 5.41) is 1.97. The molecule has 0 bridgehead atoms. The van der Waals surface area contributed by atoms with E-state index in [9.17, 15) is 9.59 Å². The predicted molar refractivity (Wildman–Crippen MR) is 114 cm³/mol. The second kappa shape index (κ2) is 7.47. The van der Waals surface area contributed by atoms with Gasteiger partial charge in [0.1, 0.15) is 0 Å². The Balaban J connectivity index is 1.91. The number of benzene rings is 1. The highest BCUT2D eigenvalue weighted by molar-refractivity contribution is 9.11. The van der Waals surface area contributed by atoms with Crippen LogP contribution in [0.25, 0.3) is 12.2 Å². The molecule has 0 amide bonds. The van der Waals surface area contributed by atoms with Crippen molar-refractivity contribution >= 4 is 56.5 Å². The zero-order chi connectivity index (χ0) is 18.9. The molecule has 0 atom stereocenters. The molecule has 2 heterocycles. The molecule has 6 heteroatoms. The molecule has 0 aliphatic rings. The average Bonchev–Trinajstić information content (AvgIpc) is 3.13. The van der Waals surface area contributed by atoms with Gasteiger partial charge in [-0.1, -0.05) is 45.0 Å². The first-order chi connectivity index (χ1) is 12.2. The van der Waals surface area contributed by atoms with Crippen LogP contribution in [0.5, 0.6) is 0 Å². The number of halogens is 1. The molecule has 3 nitrogen and oxygen atoms in total. The van der Waals surface area contributed by atoms with Crippen LogP contribution in [-0.4, -0.2) is 10.8 Å². The lowest BCUT2D eigenvalue weighted by Crippen LogP contribution is -2.19. The fraction of sp³-hybridized carbons (Fsp3) is 0.200. The number of thiophene rings is 1. The molecule has 0 unspecified atom stereocenters. The number of carbonyl (C=O) groups is 1. The fourth-order valence-electron chi connectivity index (χ4n) is 2.41. The Morgan fingerprint density at radius 3 is 2.46 bits per heavy atom. The largest absolute Gasteiger partial charge is 0.313 e. The number of H-pyrrole nitrogens is 1. The van der Waals surface area contributed by atoms with Crippen LogP contribution in [0, 0.1) is 0 Å². The van der Waals surface area contributed by atoms with E-state index in [1.54, 1.807) is 11.3 Å². The Hall–Kier alpha value is -1.76. The number of Topliss-reactive ketones (excluding diaryl/α,β-unsaturated/α-hetero) is 1. The van der Waals surface area contributed by atoms with E-state index in [2.05, 4.69) is 41.7 Å². The van der Waals surface area contributed by atoms with Crippen molar-refractivity contribution in [2.45, 2.75) is 26.2 Å². The van der Waals surface area contributed by atoms with Crippen molar-refractivity contribution in [3.63, 3.8) is 0 Å². The molecule has 1 aromatic carbocycles. The third-order valence-corrected chi connectivity index (χ3v) is 6.35. The molecule has 0 radical (unpaired) electrons. The minimum absolute atomic E-state index is 0.0473. The van der Waals surface area contributed by atoms with E-state index in [4.69, 9.17) is 0 Å². The normalized spacial score (nSPS) is 13.4. The molecule has 2 aromatic heterocycles. The van der Waals surface area contributed by atoms with Crippen molar-refractivity contribution < 1.29 is 4.79 Å². The van der Waals surface area contributed by atoms with Crippen LogP contribution in [0.2, 0.25) is 0 Å². The first kappa shape index (κ1) is 19.0. The predicted octanol–water partition coefficient (Wildman–Crippen LogP) is 4.05. The van der Waals surface area contributed by atoms with Crippen molar-refractivity contribution in [3.05, 3.63) is 75.7 Å². The minimum Gasteiger partial charge on any atom is -0.313 e. The van der Waals surface area contributed by atoms with Crippen molar-refractivity contribution in [1.29, 1.82) is 0 Å². The van der Waals surface area contributed by atoms with Gasteiger partial charge in [0.2, 0.25) is 0 Å². The van der Waals surface area contributed by atoms with Crippen LogP contribution < -0.4 is 14.8 Å². The Labute approximate surface area is 167 Å².